The average molecular weight is 458 g/mol. The van der Waals surface area contributed by atoms with Crippen molar-refractivity contribution in [3.8, 4) is 5.75 Å². The molecule has 3 rings (SSSR count). The molecule has 0 radical (unpaired) electrons. The van der Waals surface area contributed by atoms with Crippen LogP contribution >= 0.6 is 11.3 Å². The monoisotopic (exact) mass is 457 g/mol. The highest BCUT2D eigenvalue weighted by Gasteiger charge is 2.34. The Morgan fingerprint density at radius 1 is 1.16 bits per heavy atom. The zero-order chi connectivity index (χ0) is 24.0. The number of rotatable bonds is 6. The lowest BCUT2D eigenvalue weighted by Gasteiger charge is -2.32. The van der Waals surface area contributed by atoms with Crippen LogP contribution in [0, 0.1) is 19.3 Å². The smallest absolute Gasteiger partial charge is 0.275 e. The zero-order valence-corrected chi connectivity index (χ0v) is 20.0. The molecule has 1 amide bonds. The first-order valence-corrected chi connectivity index (χ1v) is 10.8. The summed E-state index contributed by atoms with van der Waals surface area (Å²) in [4.78, 5) is 47.9. The van der Waals surface area contributed by atoms with E-state index in [1.54, 1.807) is 11.3 Å². The van der Waals surface area contributed by atoms with E-state index in [1.807, 2.05) is 34.6 Å². The van der Waals surface area contributed by atoms with Gasteiger partial charge in [0.2, 0.25) is 0 Å². The Labute approximate surface area is 189 Å². The van der Waals surface area contributed by atoms with E-state index < -0.39 is 22.5 Å². The maximum atomic E-state index is 12.4. The van der Waals surface area contributed by atoms with Crippen molar-refractivity contribution >= 4 is 34.3 Å². The Bertz CT molecular complexity index is 1250. The van der Waals surface area contributed by atoms with Crippen molar-refractivity contribution in [3.05, 3.63) is 54.0 Å². The second-order valence-corrected chi connectivity index (χ2v) is 10.3. The third kappa shape index (κ3) is 4.22. The number of hydrogen-bond acceptors (Lipinski definition) is 9. The summed E-state index contributed by atoms with van der Waals surface area (Å²) in [6.07, 6.45) is 1.34. The predicted octanol–water partition coefficient (Wildman–Crippen LogP) is 3.10. The van der Waals surface area contributed by atoms with E-state index in [-0.39, 0.29) is 34.2 Å². The minimum absolute atomic E-state index is 0.0265. The topological polar surface area (TPSA) is 125 Å². The van der Waals surface area contributed by atoms with Crippen molar-refractivity contribution in [2.45, 2.75) is 40.7 Å². The lowest BCUT2D eigenvalue weighted by atomic mass is 9.84. The van der Waals surface area contributed by atoms with Crippen molar-refractivity contribution < 1.29 is 9.90 Å². The van der Waals surface area contributed by atoms with Crippen molar-refractivity contribution in [2.75, 3.05) is 24.7 Å². The molecular weight excluding hydrogens is 430 g/mol. The van der Waals surface area contributed by atoms with Gasteiger partial charge >= 0.3 is 0 Å². The number of aromatic hydroxyl groups is 1. The maximum Gasteiger partial charge on any atom is 0.275 e. The summed E-state index contributed by atoms with van der Waals surface area (Å²) in [7, 11) is 3.08. The van der Waals surface area contributed by atoms with Gasteiger partial charge in [0, 0.05) is 25.2 Å². The number of nitrogens with zero attached hydrogens (tertiary/aromatic N) is 3. The molecule has 0 unspecified atom stereocenters. The van der Waals surface area contributed by atoms with E-state index in [9.17, 15) is 19.5 Å². The third-order valence-electron chi connectivity index (χ3n) is 5.07. The Morgan fingerprint density at radius 2 is 1.78 bits per heavy atom. The van der Waals surface area contributed by atoms with E-state index in [1.165, 1.54) is 31.3 Å². The zero-order valence-electron chi connectivity index (χ0n) is 19.2. The highest BCUT2D eigenvalue weighted by atomic mass is 32.1. The van der Waals surface area contributed by atoms with Crippen LogP contribution < -0.4 is 21.5 Å². The van der Waals surface area contributed by atoms with E-state index in [4.69, 9.17) is 0 Å². The van der Waals surface area contributed by atoms with Crippen LogP contribution in [0.5, 0.6) is 5.75 Å². The third-order valence-corrected chi connectivity index (χ3v) is 5.97. The summed E-state index contributed by atoms with van der Waals surface area (Å²) in [5.74, 6) is -0.889. The van der Waals surface area contributed by atoms with Crippen LogP contribution in [0.4, 0.5) is 17.1 Å². The second-order valence-electron chi connectivity index (χ2n) is 8.91. The van der Waals surface area contributed by atoms with Gasteiger partial charge in [0.15, 0.2) is 11.4 Å². The standard InChI is InChI=1S/C22H27N5O4S/c1-10-13(24-11(2)32-10)20(22(3,4)5)26-15-14(18(29)19(15)30)25-12-8-9-23-16(17(12)28)21(31)27(6)7/h8-9,20,26,28H,1-7H3,(H,23,25)/t20-/m0/s1. The number of aromatic nitrogens is 2. The summed E-state index contributed by atoms with van der Waals surface area (Å²) < 4.78 is 0. The van der Waals surface area contributed by atoms with Crippen LogP contribution in [0.15, 0.2) is 21.9 Å². The molecule has 3 N–H and O–H groups in total. The molecule has 0 aliphatic carbocycles. The minimum atomic E-state index is -0.706. The highest BCUT2D eigenvalue weighted by molar-refractivity contribution is 7.11. The molecule has 2 heterocycles. The van der Waals surface area contributed by atoms with Crippen LogP contribution in [0.3, 0.4) is 0 Å². The number of anilines is 3. The molecule has 10 heteroatoms. The molecule has 32 heavy (non-hydrogen) atoms. The number of hydrogen-bond donors (Lipinski definition) is 3. The fourth-order valence-corrected chi connectivity index (χ4v) is 4.21. The van der Waals surface area contributed by atoms with Crippen LogP contribution in [0.2, 0.25) is 0 Å². The molecular formula is C22H27N5O4S. The molecule has 0 aliphatic rings. The van der Waals surface area contributed by atoms with Gasteiger partial charge in [-0.05, 0) is 25.3 Å². The summed E-state index contributed by atoms with van der Waals surface area (Å²) in [6, 6.07) is 1.10. The number of carbonyl (C=O) groups is 1. The minimum Gasteiger partial charge on any atom is -0.504 e. The Morgan fingerprint density at radius 3 is 2.31 bits per heavy atom. The first kappa shape index (κ1) is 23.4. The maximum absolute atomic E-state index is 12.4. The molecule has 9 nitrogen and oxygen atoms in total. The van der Waals surface area contributed by atoms with E-state index in [0.29, 0.717) is 0 Å². The van der Waals surface area contributed by atoms with Crippen molar-refractivity contribution in [1.82, 2.24) is 14.9 Å². The molecule has 3 aromatic rings. The average Bonchev–Trinajstić information content (AvgIpc) is 3.03. The van der Waals surface area contributed by atoms with Crippen molar-refractivity contribution in [1.29, 1.82) is 0 Å². The van der Waals surface area contributed by atoms with Gasteiger partial charge in [-0.1, -0.05) is 20.8 Å². The van der Waals surface area contributed by atoms with E-state index in [0.717, 1.165) is 15.6 Å². The summed E-state index contributed by atoms with van der Waals surface area (Å²) >= 11 is 1.57. The summed E-state index contributed by atoms with van der Waals surface area (Å²) in [5.41, 5.74) is -0.748. The SMILES string of the molecule is Cc1nc([C@H](Nc2c(Nc3ccnc(C(=O)N(C)C)c3O)c(=O)c2=O)C(C)(C)C)c(C)s1. The van der Waals surface area contributed by atoms with Gasteiger partial charge in [-0.25, -0.2) is 9.97 Å². The lowest BCUT2D eigenvalue weighted by Crippen LogP contribution is -2.39. The van der Waals surface area contributed by atoms with Gasteiger partial charge < -0.3 is 20.6 Å². The van der Waals surface area contributed by atoms with Gasteiger partial charge in [0.25, 0.3) is 16.8 Å². The molecule has 1 atom stereocenters. The van der Waals surface area contributed by atoms with Crippen LogP contribution in [0.1, 0.15) is 52.9 Å². The number of amides is 1. The number of pyridine rings is 1. The lowest BCUT2D eigenvalue weighted by molar-refractivity contribution is 0.0819. The van der Waals surface area contributed by atoms with E-state index in [2.05, 4.69) is 20.6 Å². The first-order chi connectivity index (χ1) is 14.8. The predicted molar refractivity (Wildman–Crippen MR) is 126 cm³/mol. The second kappa shape index (κ2) is 8.34. The van der Waals surface area contributed by atoms with Gasteiger partial charge in [0.1, 0.15) is 11.4 Å². The fourth-order valence-electron chi connectivity index (χ4n) is 3.36. The molecule has 0 spiro atoms. The highest BCUT2D eigenvalue weighted by Crippen LogP contribution is 2.39. The summed E-state index contributed by atoms with van der Waals surface area (Å²) in [5, 5.41) is 17.5. The Balaban J connectivity index is 1.99. The molecule has 2 aromatic heterocycles. The molecule has 170 valence electrons. The quantitative estimate of drug-likeness (QED) is 0.482. The molecule has 0 fully saturated rings. The van der Waals surface area contributed by atoms with Crippen LogP contribution in [-0.4, -0.2) is 40.0 Å². The van der Waals surface area contributed by atoms with Gasteiger partial charge in [-0.3, -0.25) is 14.4 Å². The van der Waals surface area contributed by atoms with Crippen LogP contribution in [0.25, 0.3) is 0 Å². The molecule has 0 bridgehead atoms. The molecule has 0 saturated heterocycles. The molecule has 0 aliphatic heterocycles. The fraction of sp³-hybridized carbons (Fsp3) is 0.409. The normalized spacial score (nSPS) is 12.6. The van der Waals surface area contributed by atoms with Crippen molar-refractivity contribution in [3.63, 3.8) is 0 Å². The first-order valence-electron chi connectivity index (χ1n) is 10.0. The number of nitrogens with one attached hydrogen (secondary N) is 2. The van der Waals surface area contributed by atoms with Gasteiger partial charge in [0.05, 0.1) is 22.4 Å². The van der Waals surface area contributed by atoms with Gasteiger partial charge in [-0.2, -0.15) is 0 Å². The van der Waals surface area contributed by atoms with Gasteiger partial charge in [-0.15, -0.1) is 11.3 Å². The Kier molecular flexibility index (Phi) is 6.10. The van der Waals surface area contributed by atoms with E-state index >= 15 is 0 Å². The number of aryl methyl sites for hydroxylation is 2. The number of carbonyl (C=O) groups excluding carboxylic acids is 1. The number of thiazole rings is 1. The largest absolute Gasteiger partial charge is 0.504 e. The molecule has 0 saturated carbocycles. The summed E-state index contributed by atoms with van der Waals surface area (Å²) in [6.45, 7) is 9.95. The van der Waals surface area contributed by atoms with Crippen molar-refractivity contribution in [2.24, 2.45) is 5.41 Å². The Hall–Kier alpha value is -3.27. The molecule has 1 aromatic carbocycles. The van der Waals surface area contributed by atoms with Crippen LogP contribution in [-0.2, 0) is 0 Å².